The van der Waals surface area contributed by atoms with Gasteiger partial charge >= 0.3 is 0 Å². The lowest BCUT2D eigenvalue weighted by molar-refractivity contribution is -0.177. The Morgan fingerprint density at radius 3 is 2.19 bits per heavy atom. The summed E-state index contributed by atoms with van der Waals surface area (Å²) < 4.78 is 19.6. The van der Waals surface area contributed by atoms with Crippen molar-refractivity contribution in [3.8, 4) is 5.75 Å². The molecule has 0 saturated carbocycles. The first-order valence-electron chi connectivity index (χ1n) is 13.4. The van der Waals surface area contributed by atoms with Crippen LogP contribution >= 0.6 is 0 Å². The average molecular weight is 502 g/mol. The van der Waals surface area contributed by atoms with Gasteiger partial charge in [0.2, 0.25) is 0 Å². The molecule has 0 amide bonds. The fraction of sp³-hybridized carbons (Fsp3) is 0.455. The van der Waals surface area contributed by atoms with Gasteiger partial charge in [0, 0.05) is 17.8 Å². The minimum absolute atomic E-state index is 0.0492. The van der Waals surface area contributed by atoms with E-state index in [-0.39, 0.29) is 23.7 Å². The topological polar surface area (TPSA) is 39.7 Å². The number of nitrogens with one attached hydrogen (secondary N) is 1. The number of ether oxygens (including phenoxy) is 3. The van der Waals surface area contributed by atoms with Crippen molar-refractivity contribution in [3.05, 3.63) is 94.5 Å². The molecule has 0 saturated heterocycles. The molecule has 1 aliphatic rings. The highest BCUT2D eigenvalue weighted by atomic mass is 16.6. The molecule has 3 aromatic carbocycles. The van der Waals surface area contributed by atoms with Gasteiger partial charge in [0.05, 0.1) is 12.7 Å². The summed E-state index contributed by atoms with van der Waals surface area (Å²) in [4.78, 5) is 0. The highest BCUT2D eigenvalue weighted by Gasteiger charge is 2.46. The summed E-state index contributed by atoms with van der Waals surface area (Å²) in [6.07, 6.45) is -0.459. The summed E-state index contributed by atoms with van der Waals surface area (Å²) in [6.45, 7) is 18.4. The molecule has 0 radical (unpaired) electrons. The van der Waals surface area contributed by atoms with Crippen LogP contribution in [0.1, 0.15) is 82.4 Å². The average Bonchev–Trinajstić information content (AvgIpc) is 2.82. The van der Waals surface area contributed by atoms with Crippen LogP contribution in [0.15, 0.2) is 66.7 Å². The lowest BCUT2D eigenvalue weighted by atomic mass is 9.86. The first-order valence-corrected chi connectivity index (χ1v) is 13.4. The normalized spacial score (nSPS) is 18.8. The Bertz CT molecular complexity index is 1170. The molecule has 0 spiro atoms. The quantitative estimate of drug-likeness (QED) is 0.338. The Morgan fingerprint density at radius 1 is 0.919 bits per heavy atom. The first-order chi connectivity index (χ1) is 17.4. The molecule has 198 valence electrons. The van der Waals surface area contributed by atoms with Gasteiger partial charge in [-0.15, -0.1) is 0 Å². The van der Waals surface area contributed by atoms with Crippen molar-refractivity contribution < 1.29 is 14.2 Å². The molecule has 1 N–H and O–H groups in total. The Hall–Kier alpha value is -2.82. The molecular formula is C33H43NO3. The summed E-state index contributed by atoms with van der Waals surface area (Å²) in [5.41, 5.74) is 6.62. The van der Waals surface area contributed by atoms with E-state index in [1.54, 1.807) is 0 Å². The molecule has 2 atom stereocenters. The third-order valence-electron chi connectivity index (χ3n) is 6.94. The van der Waals surface area contributed by atoms with Crippen molar-refractivity contribution in [2.45, 2.75) is 97.9 Å². The van der Waals surface area contributed by atoms with Gasteiger partial charge < -0.3 is 19.5 Å². The van der Waals surface area contributed by atoms with Crippen LogP contribution in [-0.2, 0) is 28.0 Å². The van der Waals surface area contributed by atoms with Crippen LogP contribution in [0.2, 0.25) is 0 Å². The van der Waals surface area contributed by atoms with Gasteiger partial charge in [0.15, 0.2) is 0 Å². The van der Waals surface area contributed by atoms with E-state index in [0.717, 1.165) is 29.1 Å². The number of benzene rings is 3. The highest BCUT2D eigenvalue weighted by Crippen LogP contribution is 2.45. The maximum atomic E-state index is 6.59. The van der Waals surface area contributed by atoms with Crippen molar-refractivity contribution in [1.29, 1.82) is 0 Å². The molecule has 2 unspecified atom stereocenters. The standard InChI is InChI=1S/C33H43NO3/c1-22(2)36-30-28-19-27(34-20-24-11-9-23(3)10-12-24)17-18-29(28)37-33(7,8)31(30)35-21-25-13-15-26(16-14-25)32(4,5)6/h9-19,22,30-31,34H,20-21H2,1-8H3. The van der Waals surface area contributed by atoms with Gasteiger partial charge in [-0.05, 0) is 74.9 Å². The number of hydrogen-bond donors (Lipinski definition) is 1. The van der Waals surface area contributed by atoms with Crippen LogP contribution < -0.4 is 10.1 Å². The smallest absolute Gasteiger partial charge is 0.132 e. The van der Waals surface area contributed by atoms with E-state index >= 15 is 0 Å². The Kier molecular flexibility index (Phi) is 8.01. The van der Waals surface area contributed by atoms with Gasteiger partial charge in [-0.25, -0.2) is 0 Å². The van der Waals surface area contributed by atoms with Gasteiger partial charge in [0.1, 0.15) is 23.6 Å². The summed E-state index contributed by atoms with van der Waals surface area (Å²) in [7, 11) is 0. The van der Waals surface area contributed by atoms with Crippen LogP contribution in [0.25, 0.3) is 0 Å². The van der Waals surface area contributed by atoms with Crippen LogP contribution in [0.3, 0.4) is 0 Å². The molecule has 0 bridgehead atoms. The van der Waals surface area contributed by atoms with Gasteiger partial charge in [-0.2, -0.15) is 0 Å². The molecular weight excluding hydrogens is 458 g/mol. The largest absolute Gasteiger partial charge is 0.485 e. The lowest BCUT2D eigenvalue weighted by Crippen LogP contribution is -2.51. The number of fused-ring (bicyclic) bond motifs is 1. The molecule has 0 fully saturated rings. The molecule has 1 aliphatic heterocycles. The third kappa shape index (κ3) is 6.74. The minimum atomic E-state index is -0.547. The number of aryl methyl sites for hydroxylation is 1. The maximum Gasteiger partial charge on any atom is 0.132 e. The fourth-order valence-electron chi connectivity index (χ4n) is 4.77. The minimum Gasteiger partial charge on any atom is -0.485 e. The van der Waals surface area contributed by atoms with E-state index in [1.807, 2.05) is 6.07 Å². The Morgan fingerprint density at radius 2 is 1.57 bits per heavy atom. The molecule has 4 rings (SSSR count). The second-order valence-electron chi connectivity index (χ2n) is 12.1. The van der Waals surface area contributed by atoms with Gasteiger partial charge in [0.25, 0.3) is 0 Å². The molecule has 0 aliphatic carbocycles. The van der Waals surface area contributed by atoms with Crippen LogP contribution in [-0.4, -0.2) is 17.8 Å². The molecule has 3 aromatic rings. The second-order valence-corrected chi connectivity index (χ2v) is 12.1. The lowest BCUT2D eigenvalue weighted by Gasteiger charge is -2.45. The van der Waals surface area contributed by atoms with E-state index in [2.05, 4.69) is 121 Å². The number of anilines is 1. The van der Waals surface area contributed by atoms with Crippen LogP contribution in [0.5, 0.6) is 5.75 Å². The SMILES string of the molecule is Cc1ccc(CNc2ccc3c(c2)C(OC(C)C)C(OCc2ccc(C(C)(C)C)cc2)C(C)(C)O3)cc1. The van der Waals surface area contributed by atoms with Crippen molar-refractivity contribution in [2.75, 3.05) is 5.32 Å². The predicted octanol–water partition coefficient (Wildman–Crippen LogP) is 8.13. The molecule has 1 heterocycles. The van der Waals surface area contributed by atoms with E-state index in [1.165, 1.54) is 16.7 Å². The maximum absolute atomic E-state index is 6.59. The van der Waals surface area contributed by atoms with E-state index < -0.39 is 5.60 Å². The predicted molar refractivity (Wildman–Crippen MR) is 152 cm³/mol. The molecule has 0 aromatic heterocycles. The van der Waals surface area contributed by atoms with Gasteiger partial charge in [-0.3, -0.25) is 0 Å². The zero-order valence-corrected chi connectivity index (χ0v) is 23.7. The summed E-state index contributed by atoms with van der Waals surface area (Å²) >= 11 is 0. The van der Waals surface area contributed by atoms with Crippen molar-refractivity contribution in [3.63, 3.8) is 0 Å². The summed E-state index contributed by atoms with van der Waals surface area (Å²) in [5, 5.41) is 3.56. The fourth-order valence-corrected chi connectivity index (χ4v) is 4.77. The zero-order valence-electron chi connectivity index (χ0n) is 23.7. The molecule has 4 nitrogen and oxygen atoms in total. The summed E-state index contributed by atoms with van der Waals surface area (Å²) in [5.74, 6) is 0.853. The van der Waals surface area contributed by atoms with Gasteiger partial charge in [-0.1, -0.05) is 74.9 Å². The zero-order chi connectivity index (χ0) is 26.8. The third-order valence-corrected chi connectivity index (χ3v) is 6.94. The van der Waals surface area contributed by atoms with E-state index in [9.17, 15) is 0 Å². The van der Waals surface area contributed by atoms with E-state index in [0.29, 0.717) is 6.61 Å². The van der Waals surface area contributed by atoms with Crippen LogP contribution in [0, 0.1) is 6.92 Å². The Labute approximate surface area is 223 Å². The first kappa shape index (κ1) is 27.2. The van der Waals surface area contributed by atoms with E-state index in [4.69, 9.17) is 14.2 Å². The molecule has 37 heavy (non-hydrogen) atoms. The van der Waals surface area contributed by atoms with Crippen molar-refractivity contribution >= 4 is 5.69 Å². The Balaban J connectivity index is 1.55. The number of hydrogen-bond acceptors (Lipinski definition) is 4. The highest BCUT2D eigenvalue weighted by molar-refractivity contribution is 5.54. The van der Waals surface area contributed by atoms with Crippen molar-refractivity contribution in [1.82, 2.24) is 0 Å². The van der Waals surface area contributed by atoms with Crippen LogP contribution in [0.4, 0.5) is 5.69 Å². The van der Waals surface area contributed by atoms with Crippen molar-refractivity contribution in [2.24, 2.45) is 0 Å². The second kappa shape index (κ2) is 10.9. The molecule has 4 heteroatoms. The number of rotatable bonds is 8. The summed E-state index contributed by atoms with van der Waals surface area (Å²) in [6, 6.07) is 23.6. The monoisotopic (exact) mass is 501 g/mol.